The van der Waals surface area contributed by atoms with Gasteiger partial charge in [-0.05, 0) is 37.1 Å². The normalized spacial score (nSPS) is 11.5. The number of sulfonamides is 1. The highest BCUT2D eigenvalue weighted by molar-refractivity contribution is 7.89. The first-order chi connectivity index (χ1) is 10.8. The molecule has 0 aromatic heterocycles. The molecule has 4 N–H and O–H groups in total. The van der Waals surface area contributed by atoms with Crippen LogP contribution in [0.3, 0.4) is 0 Å². The first-order valence-corrected chi connectivity index (χ1v) is 9.05. The van der Waals surface area contributed by atoms with Crippen molar-refractivity contribution in [3.63, 3.8) is 0 Å². The molecular weight excluding hydrogens is 350 g/mol. The Morgan fingerprint density at radius 2 is 1.79 bits per heavy atom. The van der Waals surface area contributed by atoms with Crippen LogP contribution in [0.2, 0.25) is 0 Å². The molecule has 6 nitrogen and oxygen atoms in total. The van der Waals surface area contributed by atoms with Gasteiger partial charge in [0, 0.05) is 18.7 Å². The summed E-state index contributed by atoms with van der Waals surface area (Å²) in [5.74, 6) is -0.262. The number of halogens is 1. The third-order valence-corrected chi connectivity index (χ3v) is 5.41. The van der Waals surface area contributed by atoms with Crippen LogP contribution in [0.15, 0.2) is 41.8 Å². The van der Waals surface area contributed by atoms with E-state index >= 15 is 0 Å². The van der Waals surface area contributed by atoms with Crippen molar-refractivity contribution in [1.29, 1.82) is 0 Å². The van der Waals surface area contributed by atoms with Crippen LogP contribution in [-0.2, 0) is 10.0 Å². The zero-order chi connectivity index (χ0) is 17.5. The fourth-order valence-electron chi connectivity index (χ4n) is 2.12. The van der Waals surface area contributed by atoms with Gasteiger partial charge in [-0.15, -0.1) is 19.0 Å². The molecule has 0 aliphatic rings. The maximum Gasteiger partial charge on any atom is 0.251 e. The lowest BCUT2D eigenvalue weighted by atomic mass is 9.92. The molecule has 1 rings (SSSR count). The second-order valence-electron chi connectivity index (χ2n) is 5.31. The zero-order valence-electron chi connectivity index (χ0n) is 14.0. The van der Waals surface area contributed by atoms with E-state index in [1.165, 1.54) is 30.3 Å². The Balaban J connectivity index is 0.00000529. The van der Waals surface area contributed by atoms with Crippen molar-refractivity contribution in [1.82, 2.24) is 10.0 Å². The van der Waals surface area contributed by atoms with Crippen LogP contribution >= 0.6 is 12.4 Å². The van der Waals surface area contributed by atoms with E-state index in [1.54, 1.807) is 0 Å². The van der Waals surface area contributed by atoms with Crippen LogP contribution in [-0.4, -0.2) is 33.0 Å². The van der Waals surface area contributed by atoms with Gasteiger partial charge in [0.15, 0.2) is 0 Å². The molecule has 0 bridgehead atoms. The van der Waals surface area contributed by atoms with Crippen LogP contribution in [0.25, 0.3) is 0 Å². The van der Waals surface area contributed by atoms with Crippen molar-refractivity contribution < 1.29 is 13.2 Å². The van der Waals surface area contributed by atoms with Gasteiger partial charge in [-0.3, -0.25) is 4.79 Å². The fourth-order valence-corrected chi connectivity index (χ4v) is 3.12. The summed E-state index contributed by atoms with van der Waals surface area (Å²) in [6.45, 7) is 7.90. The van der Waals surface area contributed by atoms with E-state index in [-0.39, 0.29) is 29.8 Å². The molecule has 0 saturated carbocycles. The van der Waals surface area contributed by atoms with Crippen molar-refractivity contribution in [2.75, 3.05) is 13.1 Å². The van der Waals surface area contributed by atoms with Crippen molar-refractivity contribution >= 4 is 28.3 Å². The highest BCUT2D eigenvalue weighted by Gasteiger charge is 2.26. The van der Waals surface area contributed by atoms with E-state index in [9.17, 15) is 13.2 Å². The van der Waals surface area contributed by atoms with Gasteiger partial charge in [-0.25, -0.2) is 13.1 Å². The minimum Gasteiger partial charge on any atom is -0.345 e. The monoisotopic (exact) mass is 375 g/mol. The highest BCUT2D eigenvalue weighted by atomic mass is 35.5. The summed E-state index contributed by atoms with van der Waals surface area (Å²) in [7, 11) is -3.59. The van der Waals surface area contributed by atoms with E-state index in [4.69, 9.17) is 5.73 Å². The molecule has 0 heterocycles. The number of amides is 1. The third-order valence-electron chi connectivity index (χ3n) is 3.97. The Kier molecular flexibility index (Phi) is 9.21. The van der Waals surface area contributed by atoms with Crippen molar-refractivity contribution in [2.45, 2.75) is 37.1 Å². The number of carbonyl (C=O) groups excluding carboxylic acids is 1. The van der Waals surface area contributed by atoms with Gasteiger partial charge in [-0.2, -0.15) is 0 Å². The summed E-state index contributed by atoms with van der Waals surface area (Å²) in [5, 5.41) is 2.95. The fraction of sp³-hybridized carbons (Fsp3) is 0.438. The van der Waals surface area contributed by atoms with Gasteiger partial charge >= 0.3 is 0 Å². The average molecular weight is 376 g/mol. The van der Waals surface area contributed by atoms with Crippen LogP contribution in [0, 0.1) is 0 Å². The van der Waals surface area contributed by atoms with Crippen molar-refractivity contribution in [2.24, 2.45) is 5.73 Å². The Bertz CT molecular complexity index is 633. The molecule has 1 amide bonds. The number of hydrogen-bond donors (Lipinski definition) is 3. The molecule has 136 valence electrons. The first-order valence-electron chi connectivity index (χ1n) is 7.57. The molecule has 0 atom stereocenters. The van der Waals surface area contributed by atoms with E-state index in [1.807, 2.05) is 13.8 Å². The molecule has 0 radical (unpaired) electrons. The largest absolute Gasteiger partial charge is 0.345 e. The molecule has 0 aliphatic heterocycles. The summed E-state index contributed by atoms with van der Waals surface area (Å²) in [6.07, 6.45) is 2.91. The maximum absolute atomic E-state index is 12.3. The van der Waals surface area contributed by atoms with Crippen LogP contribution in [0.1, 0.15) is 37.0 Å². The zero-order valence-corrected chi connectivity index (χ0v) is 15.7. The second-order valence-corrected chi connectivity index (χ2v) is 7.08. The molecule has 1 aromatic carbocycles. The molecule has 0 spiro atoms. The van der Waals surface area contributed by atoms with Gasteiger partial charge in [0.25, 0.3) is 5.91 Å². The standard InChI is InChI=1S/C16H25N3O3S.ClH/c1-4-11-18-23(21,22)14-9-7-13(8-10-14)15(20)19-16(5-2,6-3)12-17;/h4,7-10,18H,1,5-6,11-12,17H2,2-3H3,(H,19,20);1H. The number of nitrogens with one attached hydrogen (secondary N) is 2. The minimum absolute atomic E-state index is 0. The second kappa shape index (κ2) is 9.78. The number of benzene rings is 1. The smallest absolute Gasteiger partial charge is 0.251 e. The van der Waals surface area contributed by atoms with Crippen LogP contribution < -0.4 is 15.8 Å². The van der Waals surface area contributed by atoms with Gasteiger partial charge in [0.05, 0.1) is 10.4 Å². The van der Waals surface area contributed by atoms with Crippen LogP contribution in [0.4, 0.5) is 0 Å². The highest BCUT2D eigenvalue weighted by Crippen LogP contribution is 2.16. The summed E-state index contributed by atoms with van der Waals surface area (Å²) >= 11 is 0. The Labute approximate surface area is 150 Å². The Morgan fingerprint density at radius 3 is 2.21 bits per heavy atom. The molecule has 1 aromatic rings. The Hall–Kier alpha value is -1.41. The predicted octanol–water partition coefficient (Wildman–Crippen LogP) is 1.82. The predicted molar refractivity (Wildman–Crippen MR) is 98.9 cm³/mol. The SMILES string of the molecule is C=CCNS(=O)(=O)c1ccc(C(=O)NC(CC)(CC)CN)cc1.Cl. The quantitative estimate of drug-likeness (QED) is 0.573. The first kappa shape index (κ1) is 22.6. The maximum atomic E-state index is 12.3. The number of hydrogen-bond acceptors (Lipinski definition) is 4. The van der Waals surface area contributed by atoms with E-state index < -0.39 is 15.6 Å². The summed E-state index contributed by atoms with van der Waals surface area (Å²) < 4.78 is 26.3. The molecule has 0 saturated heterocycles. The molecular formula is C16H26ClN3O3S. The molecule has 0 fully saturated rings. The summed E-state index contributed by atoms with van der Waals surface area (Å²) in [4.78, 5) is 12.4. The minimum atomic E-state index is -3.59. The van der Waals surface area contributed by atoms with Gasteiger partial charge < -0.3 is 11.1 Å². The molecule has 8 heteroatoms. The molecule has 24 heavy (non-hydrogen) atoms. The van der Waals surface area contributed by atoms with E-state index in [0.29, 0.717) is 12.1 Å². The summed E-state index contributed by atoms with van der Waals surface area (Å²) in [5.41, 5.74) is 5.73. The average Bonchev–Trinajstić information content (AvgIpc) is 2.58. The number of carbonyl (C=O) groups is 1. The molecule has 0 aliphatic carbocycles. The van der Waals surface area contributed by atoms with Gasteiger partial charge in [-0.1, -0.05) is 19.9 Å². The lowest BCUT2D eigenvalue weighted by molar-refractivity contribution is 0.0895. The van der Waals surface area contributed by atoms with Crippen LogP contribution in [0.5, 0.6) is 0 Å². The van der Waals surface area contributed by atoms with Crippen molar-refractivity contribution in [3.8, 4) is 0 Å². The summed E-state index contributed by atoms with van der Waals surface area (Å²) in [6, 6.07) is 5.79. The molecule has 0 unspecified atom stereocenters. The van der Waals surface area contributed by atoms with E-state index in [2.05, 4.69) is 16.6 Å². The van der Waals surface area contributed by atoms with Gasteiger partial charge in [0.1, 0.15) is 0 Å². The van der Waals surface area contributed by atoms with E-state index in [0.717, 1.165) is 12.8 Å². The van der Waals surface area contributed by atoms with Crippen molar-refractivity contribution in [3.05, 3.63) is 42.5 Å². The number of nitrogens with two attached hydrogens (primary N) is 1. The number of rotatable bonds is 9. The van der Waals surface area contributed by atoms with Gasteiger partial charge in [0.2, 0.25) is 10.0 Å². The third kappa shape index (κ3) is 5.59. The lowest BCUT2D eigenvalue weighted by Crippen LogP contribution is -2.52. The topological polar surface area (TPSA) is 101 Å². The Morgan fingerprint density at radius 1 is 1.25 bits per heavy atom. The lowest BCUT2D eigenvalue weighted by Gasteiger charge is -2.31.